The van der Waals surface area contributed by atoms with E-state index in [9.17, 15) is 14.9 Å². The largest absolute Gasteiger partial charge is 0.321 e. The van der Waals surface area contributed by atoms with Crippen LogP contribution < -0.4 is 5.32 Å². The molecule has 0 bridgehead atoms. The van der Waals surface area contributed by atoms with E-state index >= 15 is 0 Å². The molecule has 3 aromatic rings. The minimum atomic E-state index is -0.501. The maximum absolute atomic E-state index is 12.6. The van der Waals surface area contributed by atoms with Crippen LogP contribution in [-0.4, -0.2) is 25.6 Å². The second kappa shape index (κ2) is 6.52. The number of anilines is 1. The van der Waals surface area contributed by atoms with Crippen molar-refractivity contribution in [3.05, 3.63) is 75.7 Å². The molecule has 25 heavy (non-hydrogen) atoms. The Bertz CT molecular complexity index is 950. The van der Waals surface area contributed by atoms with Gasteiger partial charge in [-0.2, -0.15) is 5.10 Å². The van der Waals surface area contributed by atoms with Crippen LogP contribution in [0, 0.1) is 24.0 Å². The molecule has 1 amide bonds. The van der Waals surface area contributed by atoms with Crippen molar-refractivity contribution < 1.29 is 9.72 Å². The highest BCUT2D eigenvalue weighted by Gasteiger charge is 2.17. The molecule has 0 aliphatic rings. The van der Waals surface area contributed by atoms with Crippen molar-refractivity contribution in [2.45, 2.75) is 13.8 Å². The molecule has 0 atom stereocenters. The van der Waals surface area contributed by atoms with Gasteiger partial charge >= 0.3 is 0 Å². The van der Waals surface area contributed by atoms with Gasteiger partial charge in [-0.1, -0.05) is 12.1 Å². The summed E-state index contributed by atoms with van der Waals surface area (Å²) in [5.74, 6) is 0.217. The number of hydrogen-bond acceptors (Lipinski definition) is 5. The molecule has 0 saturated carbocycles. The number of nitrogens with one attached hydrogen (secondary N) is 1. The number of benzene rings is 1. The molecule has 0 radical (unpaired) electrons. The van der Waals surface area contributed by atoms with Crippen LogP contribution in [0.2, 0.25) is 0 Å². The monoisotopic (exact) mass is 337 g/mol. The summed E-state index contributed by atoms with van der Waals surface area (Å²) in [5.41, 5.74) is 2.04. The summed E-state index contributed by atoms with van der Waals surface area (Å²) < 4.78 is 1.56. The molecule has 8 heteroatoms. The highest BCUT2D eigenvalue weighted by molar-refractivity contribution is 6.05. The Kier molecular flexibility index (Phi) is 4.25. The maximum Gasteiger partial charge on any atom is 0.271 e. The first-order chi connectivity index (χ1) is 12.0. The number of rotatable bonds is 4. The number of amides is 1. The zero-order valence-corrected chi connectivity index (χ0v) is 13.6. The molecular formula is C17H15N5O3. The number of pyridine rings is 1. The lowest BCUT2D eigenvalue weighted by atomic mass is 10.1. The van der Waals surface area contributed by atoms with Crippen LogP contribution in [0.3, 0.4) is 0 Å². The molecule has 3 rings (SSSR count). The van der Waals surface area contributed by atoms with Crippen molar-refractivity contribution in [1.82, 2.24) is 14.8 Å². The van der Waals surface area contributed by atoms with E-state index in [1.807, 2.05) is 6.07 Å². The predicted octanol–water partition coefficient (Wildman–Crippen LogP) is 3.04. The van der Waals surface area contributed by atoms with Gasteiger partial charge in [0.05, 0.1) is 28.1 Å². The van der Waals surface area contributed by atoms with Crippen LogP contribution in [0.1, 0.15) is 21.6 Å². The average molecular weight is 337 g/mol. The number of hydrogen-bond donors (Lipinski definition) is 1. The Labute approximate surface area is 143 Å². The first-order valence-electron chi connectivity index (χ1n) is 7.50. The van der Waals surface area contributed by atoms with E-state index in [-0.39, 0.29) is 11.6 Å². The molecule has 8 nitrogen and oxygen atoms in total. The third kappa shape index (κ3) is 3.23. The zero-order chi connectivity index (χ0) is 18.0. The predicted molar refractivity (Wildman–Crippen MR) is 91.9 cm³/mol. The Morgan fingerprint density at radius 3 is 2.72 bits per heavy atom. The molecule has 0 spiro atoms. The number of aryl methyl sites for hydroxylation is 1. The summed E-state index contributed by atoms with van der Waals surface area (Å²) in [4.78, 5) is 27.2. The van der Waals surface area contributed by atoms with Crippen molar-refractivity contribution in [1.29, 1.82) is 0 Å². The fraction of sp³-hybridized carbons (Fsp3) is 0.118. The lowest BCUT2D eigenvalue weighted by Crippen LogP contribution is -2.14. The molecule has 0 fully saturated rings. The molecule has 0 aliphatic heterocycles. The number of nitrogens with zero attached hydrogens (tertiary/aromatic N) is 4. The normalized spacial score (nSPS) is 10.5. The Balaban J connectivity index is 1.89. The first kappa shape index (κ1) is 16.3. The van der Waals surface area contributed by atoms with E-state index in [1.165, 1.54) is 18.3 Å². The minimum Gasteiger partial charge on any atom is -0.321 e. The van der Waals surface area contributed by atoms with Crippen molar-refractivity contribution in [2.24, 2.45) is 0 Å². The number of non-ortho nitro benzene ring substituents is 1. The van der Waals surface area contributed by atoms with E-state index in [4.69, 9.17) is 0 Å². The van der Waals surface area contributed by atoms with Crippen LogP contribution in [0.5, 0.6) is 0 Å². The molecule has 1 aromatic carbocycles. The van der Waals surface area contributed by atoms with Gasteiger partial charge in [-0.25, -0.2) is 9.67 Å². The summed E-state index contributed by atoms with van der Waals surface area (Å²) in [6.07, 6.45) is 3.09. The molecule has 0 saturated heterocycles. The van der Waals surface area contributed by atoms with E-state index in [1.54, 1.807) is 42.9 Å². The highest BCUT2D eigenvalue weighted by Crippen LogP contribution is 2.23. The summed E-state index contributed by atoms with van der Waals surface area (Å²) >= 11 is 0. The van der Waals surface area contributed by atoms with Crippen LogP contribution in [-0.2, 0) is 0 Å². The van der Waals surface area contributed by atoms with Gasteiger partial charge in [0.25, 0.3) is 11.6 Å². The quantitative estimate of drug-likeness (QED) is 0.582. The Morgan fingerprint density at radius 1 is 1.24 bits per heavy atom. The van der Waals surface area contributed by atoms with E-state index < -0.39 is 4.92 Å². The minimum absolute atomic E-state index is 0.0817. The van der Waals surface area contributed by atoms with E-state index in [0.29, 0.717) is 22.8 Å². The van der Waals surface area contributed by atoms with Crippen molar-refractivity contribution >= 4 is 17.3 Å². The standard InChI is InChI=1S/C17H15N5O3/c1-11-6-7-13(22(24)25)9-15(11)20-17(23)14-10-19-21(12(14)2)16-5-3-4-8-18-16/h3-10H,1-2H3,(H,20,23). The molecule has 2 heterocycles. The number of carbonyl (C=O) groups excluding carboxylic acids is 1. The Hall–Kier alpha value is -3.55. The zero-order valence-electron chi connectivity index (χ0n) is 13.6. The average Bonchev–Trinajstić information content (AvgIpc) is 2.99. The number of carbonyl (C=O) groups is 1. The second-order valence-corrected chi connectivity index (χ2v) is 5.45. The summed E-state index contributed by atoms with van der Waals surface area (Å²) in [6, 6.07) is 9.74. The summed E-state index contributed by atoms with van der Waals surface area (Å²) in [6.45, 7) is 3.53. The summed E-state index contributed by atoms with van der Waals surface area (Å²) in [5, 5.41) is 17.8. The third-order valence-corrected chi connectivity index (χ3v) is 3.80. The fourth-order valence-electron chi connectivity index (χ4n) is 2.39. The smallest absolute Gasteiger partial charge is 0.271 e. The van der Waals surface area contributed by atoms with Crippen LogP contribution in [0.4, 0.5) is 11.4 Å². The maximum atomic E-state index is 12.6. The molecule has 0 aliphatic carbocycles. The van der Waals surface area contributed by atoms with Gasteiger partial charge in [0.2, 0.25) is 0 Å². The van der Waals surface area contributed by atoms with Gasteiger partial charge < -0.3 is 5.32 Å². The van der Waals surface area contributed by atoms with Gasteiger partial charge in [-0.15, -0.1) is 0 Å². The molecule has 2 aromatic heterocycles. The fourth-order valence-corrected chi connectivity index (χ4v) is 2.39. The molecule has 0 unspecified atom stereocenters. The van der Waals surface area contributed by atoms with Gasteiger partial charge in [0.15, 0.2) is 5.82 Å². The second-order valence-electron chi connectivity index (χ2n) is 5.45. The van der Waals surface area contributed by atoms with Crippen LogP contribution in [0.15, 0.2) is 48.8 Å². The van der Waals surface area contributed by atoms with Gasteiger partial charge in [0.1, 0.15) is 0 Å². The molecular weight excluding hydrogens is 322 g/mol. The van der Waals surface area contributed by atoms with Gasteiger partial charge in [-0.05, 0) is 31.5 Å². The van der Waals surface area contributed by atoms with Crippen molar-refractivity contribution in [3.8, 4) is 5.82 Å². The lowest BCUT2D eigenvalue weighted by molar-refractivity contribution is -0.384. The number of aromatic nitrogens is 3. The van der Waals surface area contributed by atoms with Gasteiger partial charge in [-0.3, -0.25) is 14.9 Å². The first-order valence-corrected chi connectivity index (χ1v) is 7.50. The van der Waals surface area contributed by atoms with Crippen molar-refractivity contribution in [2.75, 3.05) is 5.32 Å². The van der Waals surface area contributed by atoms with E-state index in [0.717, 1.165) is 5.56 Å². The van der Waals surface area contributed by atoms with Crippen LogP contribution >= 0.6 is 0 Å². The number of nitro groups is 1. The lowest BCUT2D eigenvalue weighted by Gasteiger charge is -2.08. The SMILES string of the molecule is Cc1ccc([N+](=O)[O-])cc1NC(=O)c1cnn(-c2ccccn2)c1C. The van der Waals surface area contributed by atoms with Crippen molar-refractivity contribution in [3.63, 3.8) is 0 Å². The molecule has 1 N–H and O–H groups in total. The topological polar surface area (TPSA) is 103 Å². The van der Waals surface area contributed by atoms with E-state index in [2.05, 4.69) is 15.4 Å². The number of nitro benzene ring substituents is 1. The Morgan fingerprint density at radius 2 is 2.04 bits per heavy atom. The third-order valence-electron chi connectivity index (χ3n) is 3.80. The molecule has 126 valence electrons. The van der Waals surface area contributed by atoms with Gasteiger partial charge in [0, 0.05) is 18.3 Å². The summed E-state index contributed by atoms with van der Waals surface area (Å²) in [7, 11) is 0. The highest BCUT2D eigenvalue weighted by atomic mass is 16.6. The van der Waals surface area contributed by atoms with Crippen LogP contribution in [0.25, 0.3) is 5.82 Å².